The number of rotatable bonds is 6. The van der Waals surface area contributed by atoms with E-state index in [1.54, 1.807) is 36.1 Å². The molecule has 1 aliphatic rings. The van der Waals surface area contributed by atoms with Gasteiger partial charge in [-0.25, -0.2) is 17.2 Å². The van der Waals surface area contributed by atoms with E-state index in [4.69, 9.17) is 0 Å². The zero-order valence-corrected chi connectivity index (χ0v) is 20.2. The van der Waals surface area contributed by atoms with Crippen LogP contribution in [-0.2, 0) is 16.6 Å². The summed E-state index contributed by atoms with van der Waals surface area (Å²) in [6, 6.07) is 16.1. The number of benzene rings is 3. The van der Waals surface area contributed by atoms with Gasteiger partial charge in [0.1, 0.15) is 11.6 Å². The minimum Gasteiger partial charge on any atom is -0.337 e. The first-order chi connectivity index (χ1) is 16.7. The average molecular weight is 500 g/mol. The molecule has 1 N–H and O–H groups in total. The maximum atomic E-state index is 14.0. The number of nitrogens with one attached hydrogen (secondary N) is 1. The molecule has 1 saturated heterocycles. The van der Waals surface area contributed by atoms with Gasteiger partial charge >= 0.3 is 0 Å². The van der Waals surface area contributed by atoms with Crippen LogP contribution in [0.3, 0.4) is 0 Å². The van der Waals surface area contributed by atoms with Crippen molar-refractivity contribution in [3.63, 3.8) is 0 Å². The van der Waals surface area contributed by atoms with Gasteiger partial charge in [0, 0.05) is 49.5 Å². The Balaban J connectivity index is 1.47. The van der Waals surface area contributed by atoms with Crippen LogP contribution in [0.5, 0.6) is 0 Å². The lowest BCUT2D eigenvalue weighted by Gasteiger charge is -2.23. The van der Waals surface area contributed by atoms with Crippen molar-refractivity contribution in [2.24, 2.45) is 0 Å². The molecule has 1 fully saturated rings. The number of hydrogen-bond donors (Lipinski definition) is 1. The quantitative estimate of drug-likeness (QED) is 0.545. The molecule has 3 aromatic rings. The molecule has 0 bridgehead atoms. The van der Waals surface area contributed by atoms with Crippen molar-refractivity contribution >= 4 is 21.6 Å². The fourth-order valence-corrected chi connectivity index (χ4v) is 5.19. The molecule has 9 heteroatoms. The number of sulfonamides is 1. The number of carbonyl (C=O) groups excluding carboxylic acids is 1. The van der Waals surface area contributed by atoms with Crippen LogP contribution >= 0.6 is 0 Å². The van der Waals surface area contributed by atoms with Crippen LogP contribution in [0.15, 0.2) is 71.6 Å². The van der Waals surface area contributed by atoms with Crippen LogP contribution < -0.4 is 4.72 Å². The van der Waals surface area contributed by atoms with Gasteiger partial charge in [0.2, 0.25) is 0 Å². The summed E-state index contributed by atoms with van der Waals surface area (Å²) in [4.78, 5) is 17.1. The van der Waals surface area contributed by atoms with Gasteiger partial charge in [-0.3, -0.25) is 14.4 Å². The highest BCUT2D eigenvalue weighted by molar-refractivity contribution is 7.92. The first-order valence-electron chi connectivity index (χ1n) is 11.4. The maximum Gasteiger partial charge on any atom is 0.261 e. The number of amides is 1. The molecule has 1 heterocycles. The monoisotopic (exact) mass is 499 g/mol. The molecule has 35 heavy (non-hydrogen) atoms. The first-order valence-corrected chi connectivity index (χ1v) is 12.9. The van der Waals surface area contributed by atoms with Crippen LogP contribution in [0.25, 0.3) is 0 Å². The average Bonchev–Trinajstić information content (AvgIpc) is 3.07. The van der Waals surface area contributed by atoms with Crippen LogP contribution in [0.4, 0.5) is 14.5 Å². The third kappa shape index (κ3) is 6.04. The Morgan fingerprint density at radius 3 is 2.43 bits per heavy atom. The van der Waals surface area contributed by atoms with Crippen molar-refractivity contribution in [1.29, 1.82) is 0 Å². The molecule has 0 spiro atoms. The van der Waals surface area contributed by atoms with Crippen molar-refractivity contribution in [3.05, 3.63) is 95.1 Å². The van der Waals surface area contributed by atoms with Gasteiger partial charge in [-0.2, -0.15) is 0 Å². The summed E-state index contributed by atoms with van der Waals surface area (Å²) < 4.78 is 55.4. The van der Waals surface area contributed by atoms with Crippen LogP contribution in [0, 0.1) is 18.6 Å². The molecule has 0 saturated carbocycles. The summed E-state index contributed by atoms with van der Waals surface area (Å²) in [5, 5.41) is 0. The predicted molar refractivity (Wildman–Crippen MR) is 131 cm³/mol. The lowest BCUT2D eigenvalue weighted by molar-refractivity contribution is 0.0760. The fourth-order valence-electron chi connectivity index (χ4n) is 4.10. The zero-order chi connectivity index (χ0) is 25.0. The van der Waals surface area contributed by atoms with Crippen LogP contribution in [-0.4, -0.2) is 50.3 Å². The summed E-state index contributed by atoms with van der Waals surface area (Å²) >= 11 is 0. The summed E-state index contributed by atoms with van der Waals surface area (Å²) in [7, 11) is -3.97. The Labute approximate surface area is 204 Å². The van der Waals surface area contributed by atoms with Gasteiger partial charge in [-0.05, 0) is 61.4 Å². The van der Waals surface area contributed by atoms with E-state index in [2.05, 4.69) is 9.62 Å². The molecule has 0 aliphatic carbocycles. The Morgan fingerprint density at radius 1 is 0.943 bits per heavy atom. The summed E-state index contributed by atoms with van der Waals surface area (Å²) in [6.45, 7) is 4.53. The number of anilines is 1. The van der Waals surface area contributed by atoms with Crippen molar-refractivity contribution < 1.29 is 22.0 Å². The highest BCUT2D eigenvalue weighted by Gasteiger charge is 2.24. The lowest BCUT2D eigenvalue weighted by Crippen LogP contribution is -2.35. The molecular weight excluding hydrogens is 472 g/mol. The van der Waals surface area contributed by atoms with Gasteiger partial charge in [-0.1, -0.05) is 24.3 Å². The first kappa shape index (κ1) is 24.8. The number of aryl methyl sites for hydroxylation is 1. The summed E-state index contributed by atoms with van der Waals surface area (Å²) in [6.07, 6.45) is 0.726. The predicted octanol–water partition coefficient (Wildman–Crippen LogP) is 4.42. The second kappa shape index (κ2) is 10.5. The Bertz CT molecular complexity index is 1310. The van der Waals surface area contributed by atoms with Gasteiger partial charge in [0.05, 0.1) is 4.90 Å². The Kier molecular flexibility index (Phi) is 7.47. The molecule has 0 radical (unpaired) electrons. The van der Waals surface area contributed by atoms with E-state index in [-0.39, 0.29) is 22.3 Å². The molecule has 1 amide bonds. The lowest BCUT2D eigenvalue weighted by atomic mass is 10.1. The van der Waals surface area contributed by atoms with E-state index in [0.29, 0.717) is 42.9 Å². The SMILES string of the molecule is Cc1ccc(S(=O)(=O)Nc2ccc(F)cc2)cc1C(=O)N1CCCN(Cc2ccccc2F)CC1. The van der Waals surface area contributed by atoms with Crippen molar-refractivity contribution in [2.75, 3.05) is 30.9 Å². The third-order valence-electron chi connectivity index (χ3n) is 6.07. The molecule has 0 aromatic heterocycles. The largest absolute Gasteiger partial charge is 0.337 e. The highest BCUT2D eigenvalue weighted by Crippen LogP contribution is 2.22. The highest BCUT2D eigenvalue weighted by atomic mass is 32.2. The molecule has 3 aromatic carbocycles. The molecule has 6 nitrogen and oxygen atoms in total. The smallest absolute Gasteiger partial charge is 0.261 e. The molecule has 184 valence electrons. The van der Waals surface area contributed by atoms with Crippen LogP contribution in [0.1, 0.15) is 27.9 Å². The van der Waals surface area contributed by atoms with E-state index in [9.17, 15) is 22.0 Å². The Hall–Kier alpha value is -3.30. The molecule has 1 aliphatic heterocycles. The summed E-state index contributed by atoms with van der Waals surface area (Å²) in [5.74, 6) is -0.956. The number of nitrogens with zero attached hydrogens (tertiary/aromatic N) is 2. The third-order valence-corrected chi connectivity index (χ3v) is 7.45. The fraction of sp³-hybridized carbons (Fsp3) is 0.269. The minimum atomic E-state index is -3.97. The topological polar surface area (TPSA) is 69.7 Å². The van der Waals surface area contributed by atoms with E-state index in [1.165, 1.54) is 30.3 Å². The van der Waals surface area contributed by atoms with Crippen molar-refractivity contribution in [3.8, 4) is 0 Å². The normalized spacial score (nSPS) is 15.0. The maximum absolute atomic E-state index is 14.0. The van der Waals surface area contributed by atoms with E-state index in [0.717, 1.165) is 25.1 Å². The van der Waals surface area contributed by atoms with Crippen molar-refractivity contribution in [1.82, 2.24) is 9.80 Å². The van der Waals surface area contributed by atoms with Crippen molar-refractivity contribution in [2.45, 2.75) is 24.8 Å². The number of carbonyl (C=O) groups is 1. The van der Waals surface area contributed by atoms with E-state index >= 15 is 0 Å². The molecule has 0 unspecified atom stereocenters. The number of hydrogen-bond acceptors (Lipinski definition) is 4. The minimum absolute atomic E-state index is 0.0493. The van der Waals surface area contributed by atoms with Crippen LogP contribution in [0.2, 0.25) is 0 Å². The second-order valence-corrected chi connectivity index (χ2v) is 10.3. The van der Waals surface area contributed by atoms with Gasteiger partial charge in [-0.15, -0.1) is 0 Å². The van der Waals surface area contributed by atoms with E-state index < -0.39 is 15.8 Å². The van der Waals surface area contributed by atoms with Gasteiger partial charge < -0.3 is 4.90 Å². The standard InChI is InChI=1S/C26H27F2N3O3S/c1-19-7-12-23(35(33,34)29-22-10-8-21(27)9-11-22)17-24(19)26(32)31-14-4-13-30(15-16-31)18-20-5-2-3-6-25(20)28/h2-3,5-12,17,29H,4,13-16,18H2,1H3. The van der Waals surface area contributed by atoms with Gasteiger partial charge in [0.15, 0.2) is 0 Å². The molecule has 4 rings (SSSR count). The Morgan fingerprint density at radius 2 is 1.69 bits per heavy atom. The molecule has 0 atom stereocenters. The summed E-state index contributed by atoms with van der Waals surface area (Å²) in [5.41, 5.74) is 1.83. The molecular formula is C26H27F2N3O3S. The zero-order valence-electron chi connectivity index (χ0n) is 19.4. The van der Waals surface area contributed by atoms with Gasteiger partial charge in [0.25, 0.3) is 15.9 Å². The second-order valence-electron chi connectivity index (χ2n) is 8.60. The van der Waals surface area contributed by atoms with E-state index in [1.807, 2.05) is 0 Å². The number of halogens is 2.